The lowest BCUT2D eigenvalue weighted by atomic mass is 10.2. The standard InChI is InChI=1S/C17H17F2N5O2/c1-11(21-16(25)13-7-8-23(22-13)17(18)19)12-9-20-24(10-12)14-5-3-4-6-15(14)26-2/h3-11,17H,1-2H3,(H,21,25). The van der Waals surface area contributed by atoms with Crippen molar-refractivity contribution in [2.24, 2.45) is 0 Å². The lowest BCUT2D eigenvalue weighted by Gasteiger charge is -2.11. The molecule has 1 amide bonds. The predicted molar refractivity (Wildman–Crippen MR) is 89.5 cm³/mol. The van der Waals surface area contributed by atoms with Crippen molar-refractivity contribution in [1.82, 2.24) is 24.9 Å². The third-order valence-electron chi connectivity index (χ3n) is 3.82. The molecule has 1 N–H and O–H groups in total. The van der Waals surface area contributed by atoms with Crippen LogP contribution in [0.1, 0.15) is 35.6 Å². The maximum absolute atomic E-state index is 12.5. The monoisotopic (exact) mass is 361 g/mol. The van der Waals surface area contributed by atoms with Crippen LogP contribution in [0.4, 0.5) is 8.78 Å². The van der Waals surface area contributed by atoms with Crippen molar-refractivity contribution in [2.45, 2.75) is 19.5 Å². The molecule has 136 valence electrons. The molecule has 9 heteroatoms. The molecule has 3 aromatic rings. The molecule has 0 aliphatic rings. The molecular weight excluding hydrogens is 344 g/mol. The van der Waals surface area contributed by atoms with Crippen LogP contribution in [-0.2, 0) is 0 Å². The zero-order valence-electron chi connectivity index (χ0n) is 14.1. The maximum Gasteiger partial charge on any atom is 0.333 e. The predicted octanol–water partition coefficient (Wildman–Crippen LogP) is 2.96. The first kappa shape index (κ1) is 17.6. The number of carbonyl (C=O) groups excluding carboxylic acids is 1. The fraction of sp³-hybridized carbons (Fsp3) is 0.235. The van der Waals surface area contributed by atoms with E-state index in [4.69, 9.17) is 4.74 Å². The molecule has 0 fully saturated rings. The Bertz CT molecular complexity index is 906. The van der Waals surface area contributed by atoms with Gasteiger partial charge in [-0.1, -0.05) is 12.1 Å². The second-order valence-electron chi connectivity index (χ2n) is 5.54. The summed E-state index contributed by atoms with van der Waals surface area (Å²) in [5.74, 6) is 0.123. The summed E-state index contributed by atoms with van der Waals surface area (Å²) in [5, 5.41) is 10.6. The van der Waals surface area contributed by atoms with Crippen molar-refractivity contribution in [2.75, 3.05) is 7.11 Å². The fourth-order valence-corrected chi connectivity index (χ4v) is 2.43. The number of methoxy groups -OCH3 is 1. The first-order chi connectivity index (χ1) is 12.5. The Hall–Kier alpha value is -3.23. The van der Waals surface area contributed by atoms with Gasteiger partial charge in [-0.25, -0.2) is 9.36 Å². The van der Waals surface area contributed by atoms with Crippen LogP contribution < -0.4 is 10.1 Å². The number of hydrogen-bond donors (Lipinski definition) is 1. The minimum absolute atomic E-state index is 0.0747. The van der Waals surface area contributed by atoms with Crippen molar-refractivity contribution >= 4 is 5.91 Å². The molecule has 2 aromatic heterocycles. The van der Waals surface area contributed by atoms with E-state index in [2.05, 4.69) is 15.5 Å². The molecule has 1 aromatic carbocycles. The summed E-state index contributed by atoms with van der Waals surface area (Å²) in [5.41, 5.74) is 1.43. The Labute approximate surface area is 148 Å². The topological polar surface area (TPSA) is 74.0 Å². The third kappa shape index (κ3) is 3.56. The lowest BCUT2D eigenvalue weighted by molar-refractivity contribution is 0.0559. The quantitative estimate of drug-likeness (QED) is 0.733. The van der Waals surface area contributed by atoms with E-state index in [1.165, 1.54) is 6.07 Å². The van der Waals surface area contributed by atoms with E-state index in [0.717, 1.165) is 17.4 Å². The van der Waals surface area contributed by atoms with Crippen molar-refractivity contribution in [1.29, 1.82) is 0 Å². The Morgan fingerprint density at radius 1 is 1.27 bits per heavy atom. The summed E-state index contributed by atoms with van der Waals surface area (Å²) in [4.78, 5) is 12.2. The van der Waals surface area contributed by atoms with E-state index in [-0.39, 0.29) is 11.7 Å². The molecular formula is C17H17F2N5O2. The second-order valence-corrected chi connectivity index (χ2v) is 5.54. The van der Waals surface area contributed by atoms with Crippen LogP contribution in [0.3, 0.4) is 0 Å². The summed E-state index contributed by atoms with van der Waals surface area (Å²) in [6.45, 7) is -1.01. The number of aromatic nitrogens is 4. The van der Waals surface area contributed by atoms with Crippen LogP contribution in [0.15, 0.2) is 48.9 Å². The minimum atomic E-state index is -2.78. The smallest absolute Gasteiger partial charge is 0.333 e. The van der Waals surface area contributed by atoms with Crippen molar-refractivity contribution in [3.8, 4) is 11.4 Å². The first-order valence-electron chi connectivity index (χ1n) is 7.81. The highest BCUT2D eigenvalue weighted by atomic mass is 19.3. The molecule has 0 radical (unpaired) electrons. The number of nitrogens with zero attached hydrogens (tertiary/aromatic N) is 4. The molecule has 0 spiro atoms. The highest BCUT2D eigenvalue weighted by molar-refractivity contribution is 5.92. The van der Waals surface area contributed by atoms with Gasteiger partial charge in [-0.2, -0.15) is 19.0 Å². The number of carbonyl (C=O) groups is 1. The van der Waals surface area contributed by atoms with E-state index in [9.17, 15) is 13.6 Å². The Kier molecular flexibility index (Phi) is 4.97. The molecule has 0 saturated carbocycles. The number of hydrogen-bond acceptors (Lipinski definition) is 4. The average molecular weight is 361 g/mol. The minimum Gasteiger partial charge on any atom is -0.494 e. The number of halogens is 2. The van der Waals surface area contributed by atoms with E-state index in [0.29, 0.717) is 10.4 Å². The van der Waals surface area contributed by atoms with Gasteiger partial charge in [0.25, 0.3) is 5.91 Å². The second kappa shape index (κ2) is 7.34. The van der Waals surface area contributed by atoms with E-state index < -0.39 is 12.5 Å². The number of rotatable bonds is 6. The lowest BCUT2D eigenvalue weighted by Crippen LogP contribution is -2.27. The van der Waals surface area contributed by atoms with Gasteiger partial charge in [-0.15, -0.1) is 0 Å². The SMILES string of the molecule is COc1ccccc1-n1cc(C(C)NC(=O)c2ccn(C(F)F)n2)cn1. The molecule has 0 aliphatic heterocycles. The first-order valence-corrected chi connectivity index (χ1v) is 7.81. The van der Waals surface area contributed by atoms with Gasteiger partial charge in [-0.3, -0.25) is 4.79 Å². The van der Waals surface area contributed by atoms with Gasteiger partial charge in [0.15, 0.2) is 0 Å². The van der Waals surface area contributed by atoms with Crippen LogP contribution in [0.5, 0.6) is 5.75 Å². The Morgan fingerprint density at radius 3 is 2.73 bits per heavy atom. The number of para-hydroxylation sites is 2. The largest absolute Gasteiger partial charge is 0.494 e. The number of amides is 1. The zero-order valence-corrected chi connectivity index (χ0v) is 14.1. The van der Waals surface area contributed by atoms with Gasteiger partial charge in [0.05, 0.1) is 19.3 Å². The van der Waals surface area contributed by atoms with Gasteiger partial charge in [0.1, 0.15) is 17.1 Å². The maximum atomic E-state index is 12.5. The van der Waals surface area contributed by atoms with E-state index >= 15 is 0 Å². The van der Waals surface area contributed by atoms with Crippen LogP contribution in [0.25, 0.3) is 5.69 Å². The number of benzene rings is 1. The van der Waals surface area contributed by atoms with Gasteiger partial charge in [0, 0.05) is 18.0 Å². The van der Waals surface area contributed by atoms with Gasteiger partial charge < -0.3 is 10.1 Å². The normalized spacial score (nSPS) is 12.2. The molecule has 0 bridgehead atoms. The van der Waals surface area contributed by atoms with Gasteiger partial charge >= 0.3 is 6.55 Å². The number of ether oxygens (including phenoxy) is 1. The van der Waals surface area contributed by atoms with Crippen LogP contribution in [-0.4, -0.2) is 32.6 Å². The molecule has 7 nitrogen and oxygen atoms in total. The molecule has 3 rings (SSSR count). The summed E-state index contributed by atoms with van der Waals surface area (Å²) < 4.78 is 32.5. The highest BCUT2D eigenvalue weighted by Gasteiger charge is 2.17. The molecule has 0 aliphatic carbocycles. The average Bonchev–Trinajstić information content (AvgIpc) is 3.31. The summed E-state index contributed by atoms with van der Waals surface area (Å²) >= 11 is 0. The Morgan fingerprint density at radius 2 is 2.04 bits per heavy atom. The zero-order chi connectivity index (χ0) is 18.7. The Balaban J connectivity index is 1.73. The van der Waals surface area contributed by atoms with E-state index in [1.54, 1.807) is 31.1 Å². The molecule has 0 saturated heterocycles. The molecule has 26 heavy (non-hydrogen) atoms. The molecule has 1 unspecified atom stereocenters. The van der Waals surface area contributed by atoms with Gasteiger partial charge in [0.2, 0.25) is 0 Å². The van der Waals surface area contributed by atoms with Crippen molar-refractivity contribution in [3.63, 3.8) is 0 Å². The molecule has 1 atom stereocenters. The van der Waals surface area contributed by atoms with Crippen LogP contribution in [0, 0.1) is 0 Å². The number of nitrogens with one attached hydrogen (secondary N) is 1. The third-order valence-corrected chi connectivity index (χ3v) is 3.82. The van der Waals surface area contributed by atoms with Crippen LogP contribution >= 0.6 is 0 Å². The summed E-state index contributed by atoms with van der Waals surface area (Å²) in [6.07, 6.45) is 4.44. The fourth-order valence-electron chi connectivity index (χ4n) is 2.43. The molecule has 2 heterocycles. The summed E-state index contributed by atoms with van der Waals surface area (Å²) in [7, 11) is 1.57. The summed E-state index contributed by atoms with van der Waals surface area (Å²) in [6, 6.07) is 8.25. The van der Waals surface area contributed by atoms with Crippen LogP contribution in [0.2, 0.25) is 0 Å². The highest BCUT2D eigenvalue weighted by Crippen LogP contribution is 2.23. The van der Waals surface area contributed by atoms with E-state index in [1.807, 2.05) is 24.3 Å². The van der Waals surface area contributed by atoms with Crippen molar-refractivity contribution in [3.05, 3.63) is 60.2 Å². The number of alkyl halides is 2. The van der Waals surface area contributed by atoms with Crippen molar-refractivity contribution < 1.29 is 18.3 Å². The van der Waals surface area contributed by atoms with Gasteiger partial charge in [-0.05, 0) is 25.1 Å².